The number of carboxylic acid groups (broad SMARTS) is 1. The van der Waals surface area contributed by atoms with E-state index in [1.54, 1.807) is 24.4 Å². The summed E-state index contributed by atoms with van der Waals surface area (Å²) in [6.45, 7) is 0.294. The summed E-state index contributed by atoms with van der Waals surface area (Å²) in [5, 5.41) is 9.13. The predicted octanol–water partition coefficient (Wildman–Crippen LogP) is 1.47. The number of fused-ring (bicyclic) bond motifs is 1. The molecule has 0 fully saturated rings. The van der Waals surface area contributed by atoms with E-state index in [9.17, 15) is 9.59 Å². The Morgan fingerprint density at radius 2 is 2.10 bits per heavy atom. The van der Waals surface area contributed by atoms with Crippen molar-refractivity contribution in [1.29, 1.82) is 0 Å². The fraction of sp³-hybridized carbons (Fsp3) is 0.0714. The van der Waals surface area contributed by atoms with E-state index in [-0.39, 0.29) is 11.3 Å². The van der Waals surface area contributed by atoms with Gasteiger partial charge >= 0.3 is 11.7 Å². The Labute approximate surface area is 113 Å². The lowest BCUT2D eigenvalue weighted by Gasteiger charge is -2.03. The zero-order valence-corrected chi connectivity index (χ0v) is 10.4. The van der Waals surface area contributed by atoms with Crippen LogP contribution in [0.2, 0.25) is 0 Å². The van der Waals surface area contributed by atoms with Gasteiger partial charge in [0.1, 0.15) is 0 Å². The number of pyridine rings is 1. The number of carbonyl (C=O) groups is 1. The van der Waals surface area contributed by atoms with Crippen LogP contribution in [-0.2, 0) is 6.54 Å². The van der Waals surface area contributed by atoms with Crippen molar-refractivity contribution in [2.24, 2.45) is 0 Å². The van der Waals surface area contributed by atoms with Gasteiger partial charge in [0, 0.05) is 6.20 Å². The van der Waals surface area contributed by atoms with Crippen molar-refractivity contribution in [3.8, 4) is 0 Å². The number of aromatic carboxylic acids is 1. The average Bonchev–Trinajstić information content (AvgIpc) is 2.76. The molecule has 0 aliphatic heterocycles. The number of hydrogen-bond acceptors (Lipinski definition) is 3. The predicted molar refractivity (Wildman–Crippen MR) is 72.9 cm³/mol. The van der Waals surface area contributed by atoms with E-state index in [2.05, 4.69) is 9.97 Å². The van der Waals surface area contributed by atoms with Gasteiger partial charge in [-0.15, -0.1) is 0 Å². The van der Waals surface area contributed by atoms with Crippen LogP contribution in [0.1, 0.15) is 16.1 Å². The highest BCUT2D eigenvalue weighted by Gasteiger charge is 2.14. The second-order valence-electron chi connectivity index (χ2n) is 4.34. The van der Waals surface area contributed by atoms with Crippen molar-refractivity contribution < 1.29 is 9.90 Å². The van der Waals surface area contributed by atoms with Crippen LogP contribution in [0.3, 0.4) is 0 Å². The molecule has 2 heterocycles. The van der Waals surface area contributed by atoms with E-state index in [4.69, 9.17) is 5.11 Å². The highest BCUT2D eigenvalue weighted by Crippen LogP contribution is 2.16. The number of para-hydroxylation sites is 1. The molecule has 0 amide bonds. The highest BCUT2D eigenvalue weighted by molar-refractivity contribution is 6.00. The summed E-state index contributed by atoms with van der Waals surface area (Å²) >= 11 is 0. The SMILES string of the molecule is O=C(O)c1cccc2c1[nH]c(=O)n2Cc1ccccn1. The lowest BCUT2D eigenvalue weighted by molar-refractivity contribution is 0.0699. The molecule has 0 radical (unpaired) electrons. The summed E-state index contributed by atoms with van der Waals surface area (Å²) in [4.78, 5) is 29.9. The smallest absolute Gasteiger partial charge is 0.337 e. The zero-order chi connectivity index (χ0) is 14.1. The van der Waals surface area contributed by atoms with Crippen LogP contribution >= 0.6 is 0 Å². The minimum absolute atomic E-state index is 0.0828. The molecule has 0 atom stereocenters. The molecule has 100 valence electrons. The summed E-state index contributed by atoms with van der Waals surface area (Å²) in [5.41, 5.74) is 1.36. The molecule has 2 N–H and O–H groups in total. The van der Waals surface area contributed by atoms with Gasteiger partial charge in [-0.1, -0.05) is 12.1 Å². The number of benzene rings is 1. The van der Waals surface area contributed by atoms with Gasteiger partial charge in [0.25, 0.3) is 0 Å². The lowest BCUT2D eigenvalue weighted by Crippen LogP contribution is -2.17. The van der Waals surface area contributed by atoms with E-state index >= 15 is 0 Å². The molecule has 2 aromatic heterocycles. The van der Waals surface area contributed by atoms with Gasteiger partial charge in [-0.05, 0) is 24.3 Å². The summed E-state index contributed by atoms with van der Waals surface area (Å²) in [5.74, 6) is -1.07. The number of imidazole rings is 1. The van der Waals surface area contributed by atoms with Gasteiger partial charge in [-0.3, -0.25) is 9.55 Å². The van der Waals surface area contributed by atoms with Crippen molar-refractivity contribution in [3.05, 3.63) is 64.3 Å². The highest BCUT2D eigenvalue weighted by atomic mass is 16.4. The van der Waals surface area contributed by atoms with Gasteiger partial charge < -0.3 is 10.1 Å². The maximum atomic E-state index is 12.0. The van der Waals surface area contributed by atoms with Crippen molar-refractivity contribution >= 4 is 17.0 Å². The van der Waals surface area contributed by atoms with Crippen molar-refractivity contribution in [3.63, 3.8) is 0 Å². The molecular weight excluding hydrogens is 258 g/mol. The number of aromatic nitrogens is 3. The largest absolute Gasteiger partial charge is 0.478 e. The first-order valence-electron chi connectivity index (χ1n) is 6.01. The molecule has 0 saturated carbocycles. The number of aromatic amines is 1. The minimum atomic E-state index is -1.07. The number of rotatable bonds is 3. The molecule has 6 nitrogen and oxygen atoms in total. The molecule has 0 unspecified atom stereocenters. The number of hydrogen-bond donors (Lipinski definition) is 2. The molecular formula is C14H11N3O3. The number of H-pyrrole nitrogens is 1. The van der Waals surface area contributed by atoms with E-state index in [0.29, 0.717) is 17.6 Å². The molecule has 0 aliphatic rings. The molecule has 0 bridgehead atoms. The molecule has 3 rings (SSSR count). The first-order chi connectivity index (χ1) is 9.66. The summed E-state index contributed by atoms with van der Waals surface area (Å²) in [6, 6.07) is 10.2. The van der Waals surface area contributed by atoms with Crippen LogP contribution in [0.25, 0.3) is 11.0 Å². The van der Waals surface area contributed by atoms with Crippen LogP contribution < -0.4 is 5.69 Å². The van der Waals surface area contributed by atoms with Crippen LogP contribution in [0, 0.1) is 0 Å². The first-order valence-corrected chi connectivity index (χ1v) is 6.01. The second kappa shape index (κ2) is 4.65. The Bertz CT molecular complexity index is 834. The third-order valence-electron chi connectivity index (χ3n) is 3.09. The summed E-state index contributed by atoms with van der Waals surface area (Å²) < 4.78 is 1.48. The van der Waals surface area contributed by atoms with Crippen LogP contribution in [-0.4, -0.2) is 25.6 Å². The first kappa shape index (κ1) is 12.2. The van der Waals surface area contributed by atoms with Crippen LogP contribution in [0.15, 0.2) is 47.4 Å². The normalized spacial score (nSPS) is 10.8. The van der Waals surface area contributed by atoms with E-state index in [0.717, 1.165) is 5.69 Å². The van der Waals surface area contributed by atoms with Crippen molar-refractivity contribution in [2.75, 3.05) is 0 Å². The fourth-order valence-electron chi connectivity index (χ4n) is 2.17. The maximum Gasteiger partial charge on any atom is 0.337 e. The zero-order valence-electron chi connectivity index (χ0n) is 10.4. The van der Waals surface area contributed by atoms with Crippen molar-refractivity contribution in [2.45, 2.75) is 6.54 Å². The number of carboxylic acids is 1. The average molecular weight is 269 g/mol. The fourth-order valence-corrected chi connectivity index (χ4v) is 2.17. The molecule has 1 aromatic carbocycles. The monoisotopic (exact) mass is 269 g/mol. The molecule has 20 heavy (non-hydrogen) atoms. The summed E-state index contributed by atoms with van der Waals surface area (Å²) in [6.07, 6.45) is 1.65. The minimum Gasteiger partial charge on any atom is -0.478 e. The van der Waals surface area contributed by atoms with Gasteiger partial charge in [-0.2, -0.15) is 0 Å². The second-order valence-corrected chi connectivity index (χ2v) is 4.34. The Kier molecular flexibility index (Phi) is 2.83. The standard InChI is InChI=1S/C14H11N3O3/c18-13(19)10-5-3-6-11-12(10)16-14(20)17(11)8-9-4-1-2-7-15-9/h1-7H,8H2,(H,16,20)(H,18,19). The molecule has 0 spiro atoms. The summed E-state index contributed by atoms with van der Waals surface area (Å²) in [7, 11) is 0. The van der Waals surface area contributed by atoms with E-state index < -0.39 is 5.97 Å². The molecule has 6 heteroatoms. The molecule has 0 aliphatic carbocycles. The molecule has 3 aromatic rings. The van der Waals surface area contributed by atoms with E-state index in [1.165, 1.54) is 10.6 Å². The Hall–Kier alpha value is -2.89. The topological polar surface area (TPSA) is 88.0 Å². The maximum absolute atomic E-state index is 12.0. The Morgan fingerprint density at radius 1 is 1.25 bits per heavy atom. The van der Waals surface area contributed by atoms with Crippen LogP contribution in [0.5, 0.6) is 0 Å². The van der Waals surface area contributed by atoms with Crippen molar-refractivity contribution in [1.82, 2.24) is 14.5 Å². The number of nitrogens with one attached hydrogen (secondary N) is 1. The third-order valence-corrected chi connectivity index (χ3v) is 3.09. The Morgan fingerprint density at radius 3 is 2.80 bits per heavy atom. The third kappa shape index (κ3) is 1.97. The number of nitrogens with zero attached hydrogens (tertiary/aromatic N) is 2. The van der Waals surface area contributed by atoms with Gasteiger partial charge in [0.05, 0.1) is 28.8 Å². The Balaban J connectivity index is 2.17. The molecule has 0 saturated heterocycles. The van der Waals surface area contributed by atoms with Gasteiger partial charge in [0.2, 0.25) is 0 Å². The van der Waals surface area contributed by atoms with E-state index in [1.807, 2.05) is 12.1 Å². The van der Waals surface area contributed by atoms with Gasteiger partial charge in [0.15, 0.2) is 0 Å². The lowest BCUT2D eigenvalue weighted by atomic mass is 10.2. The quantitative estimate of drug-likeness (QED) is 0.753. The van der Waals surface area contributed by atoms with Crippen LogP contribution in [0.4, 0.5) is 0 Å². The van der Waals surface area contributed by atoms with Gasteiger partial charge in [-0.25, -0.2) is 9.59 Å².